The topological polar surface area (TPSA) is 59.1 Å². The Balaban J connectivity index is 1.26. The smallest absolute Gasteiger partial charge is 0.265 e. The normalized spacial score (nSPS) is 10.5. The minimum absolute atomic E-state index is 0.194. The molecule has 0 atom stereocenters. The van der Waals surface area contributed by atoms with Crippen molar-refractivity contribution in [1.29, 1.82) is 0 Å². The van der Waals surface area contributed by atoms with E-state index in [4.69, 9.17) is 9.47 Å². The number of amides is 2. The van der Waals surface area contributed by atoms with Crippen molar-refractivity contribution in [3.8, 4) is 11.5 Å². The van der Waals surface area contributed by atoms with Crippen LogP contribution in [0.25, 0.3) is 0 Å². The number of nitrogens with zero attached hydrogens (tertiary/aromatic N) is 2. The van der Waals surface area contributed by atoms with Crippen LogP contribution >= 0.6 is 0 Å². The molecule has 0 saturated carbocycles. The van der Waals surface area contributed by atoms with E-state index in [2.05, 4.69) is 0 Å². The SMILES string of the molecule is O=C(COc1ccccc1OCC(=O)N(Cc1ccccc1)c1ccccc1)N(Cc1ccccc1)c1ccccc1. The fraction of sp³-hybridized carbons (Fsp3) is 0.111. The van der Waals surface area contributed by atoms with E-state index >= 15 is 0 Å². The summed E-state index contributed by atoms with van der Waals surface area (Å²) in [4.78, 5) is 30.2. The first kappa shape index (κ1) is 28.2. The Labute approximate surface area is 246 Å². The number of para-hydroxylation sites is 4. The van der Waals surface area contributed by atoms with Gasteiger partial charge in [0.1, 0.15) is 0 Å². The summed E-state index contributed by atoms with van der Waals surface area (Å²) in [6, 6.07) is 45.8. The molecule has 0 saturated heterocycles. The first-order valence-electron chi connectivity index (χ1n) is 13.8. The van der Waals surface area contributed by atoms with Gasteiger partial charge in [0.05, 0.1) is 13.1 Å². The number of anilines is 2. The number of benzene rings is 5. The largest absolute Gasteiger partial charge is 0.480 e. The molecule has 5 rings (SSSR count). The molecule has 6 heteroatoms. The van der Waals surface area contributed by atoms with Crippen molar-refractivity contribution in [2.45, 2.75) is 13.1 Å². The molecule has 0 spiro atoms. The molecule has 0 heterocycles. The lowest BCUT2D eigenvalue weighted by atomic mass is 10.2. The number of hydrogen-bond acceptors (Lipinski definition) is 4. The first-order chi connectivity index (χ1) is 20.7. The number of hydrogen-bond donors (Lipinski definition) is 0. The fourth-order valence-electron chi connectivity index (χ4n) is 4.52. The predicted octanol–water partition coefficient (Wildman–Crippen LogP) is 6.91. The Kier molecular flexibility index (Phi) is 9.61. The average molecular weight is 557 g/mol. The van der Waals surface area contributed by atoms with Gasteiger partial charge in [0, 0.05) is 11.4 Å². The van der Waals surface area contributed by atoms with Crippen molar-refractivity contribution < 1.29 is 19.1 Å². The lowest BCUT2D eigenvalue weighted by molar-refractivity contribution is -0.121. The van der Waals surface area contributed by atoms with Gasteiger partial charge >= 0.3 is 0 Å². The van der Waals surface area contributed by atoms with E-state index in [0.717, 1.165) is 22.5 Å². The quantitative estimate of drug-likeness (QED) is 0.168. The van der Waals surface area contributed by atoms with Crippen molar-refractivity contribution in [3.05, 3.63) is 157 Å². The molecule has 5 aromatic carbocycles. The van der Waals surface area contributed by atoms with E-state index in [1.807, 2.05) is 121 Å². The van der Waals surface area contributed by atoms with Crippen molar-refractivity contribution in [2.24, 2.45) is 0 Å². The van der Waals surface area contributed by atoms with Crippen LogP contribution in [0.2, 0.25) is 0 Å². The summed E-state index contributed by atoms with van der Waals surface area (Å²) in [6.07, 6.45) is 0. The molecule has 210 valence electrons. The summed E-state index contributed by atoms with van der Waals surface area (Å²) >= 11 is 0. The molecule has 0 aliphatic heterocycles. The van der Waals surface area contributed by atoms with Gasteiger partial charge in [-0.15, -0.1) is 0 Å². The molecule has 0 unspecified atom stereocenters. The third-order valence-electron chi connectivity index (χ3n) is 6.66. The Morgan fingerprint density at radius 2 is 0.738 bits per heavy atom. The van der Waals surface area contributed by atoms with Gasteiger partial charge in [-0.3, -0.25) is 9.59 Å². The zero-order valence-corrected chi connectivity index (χ0v) is 23.2. The van der Waals surface area contributed by atoms with Crippen molar-refractivity contribution in [3.63, 3.8) is 0 Å². The second kappa shape index (κ2) is 14.3. The van der Waals surface area contributed by atoms with Crippen LogP contribution in [0.15, 0.2) is 146 Å². The maximum absolute atomic E-state index is 13.4. The molecule has 0 aliphatic carbocycles. The minimum atomic E-state index is -0.200. The second-order valence-electron chi connectivity index (χ2n) is 9.63. The maximum Gasteiger partial charge on any atom is 0.265 e. The number of carbonyl (C=O) groups is 2. The van der Waals surface area contributed by atoms with Crippen LogP contribution in [0.3, 0.4) is 0 Å². The molecule has 6 nitrogen and oxygen atoms in total. The summed E-state index contributed by atoms with van der Waals surface area (Å²) in [7, 11) is 0. The summed E-state index contributed by atoms with van der Waals surface area (Å²) < 4.78 is 11.9. The van der Waals surface area contributed by atoms with E-state index in [1.54, 1.807) is 34.1 Å². The minimum Gasteiger partial charge on any atom is -0.480 e. The van der Waals surface area contributed by atoms with Crippen molar-refractivity contribution in [2.75, 3.05) is 23.0 Å². The van der Waals surface area contributed by atoms with Crippen LogP contribution in [-0.2, 0) is 22.7 Å². The number of rotatable bonds is 12. The highest BCUT2D eigenvalue weighted by atomic mass is 16.5. The molecular weight excluding hydrogens is 524 g/mol. The van der Waals surface area contributed by atoms with Gasteiger partial charge in [0.2, 0.25) is 0 Å². The molecule has 0 fully saturated rings. The summed E-state index contributed by atoms with van der Waals surface area (Å²) in [5.41, 5.74) is 3.58. The van der Waals surface area contributed by atoms with E-state index in [9.17, 15) is 9.59 Å². The zero-order valence-electron chi connectivity index (χ0n) is 23.2. The van der Waals surface area contributed by atoms with E-state index in [-0.39, 0.29) is 25.0 Å². The Bertz CT molecular complexity index is 1440. The van der Waals surface area contributed by atoms with Gasteiger partial charge in [-0.05, 0) is 47.5 Å². The van der Waals surface area contributed by atoms with Crippen LogP contribution < -0.4 is 19.3 Å². The standard InChI is InChI=1S/C36H32N2O4/c39-35(37(31-19-9-3-10-20-31)25-29-15-5-1-6-16-29)27-41-33-23-13-14-24-34(33)42-28-36(40)38(32-21-11-4-12-22-32)26-30-17-7-2-8-18-30/h1-24H,25-28H2. The van der Waals surface area contributed by atoms with E-state index in [1.165, 1.54) is 0 Å². The van der Waals surface area contributed by atoms with Crippen LogP contribution in [-0.4, -0.2) is 25.0 Å². The first-order valence-corrected chi connectivity index (χ1v) is 13.8. The molecule has 0 aromatic heterocycles. The third kappa shape index (κ3) is 7.64. The van der Waals surface area contributed by atoms with Crippen LogP contribution in [0.5, 0.6) is 11.5 Å². The van der Waals surface area contributed by atoms with Crippen LogP contribution in [0.1, 0.15) is 11.1 Å². The number of carbonyl (C=O) groups excluding carboxylic acids is 2. The highest BCUT2D eigenvalue weighted by molar-refractivity contribution is 5.95. The van der Waals surface area contributed by atoms with Gasteiger partial charge in [0.25, 0.3) is 11.8 Å². The molecule has 0 aliphatic rings. The van der Waals surface area contributed by atoms with Crippen LogP contribution in [0.4, 0.5) is 11.4 Å². The van der Waals surface area contributed by atoms with Gasteiger partial charge in [-0.2, -0.15) is 0 Å². The summed E-state index contributed by atoms with van der Waals surface area (Å²) in [6.45, 7) is 0.438. The van der Waals surface area contributed by atoms with Crippen LogP contribution in [0, 0.1) is 0 Å². The van der Waals surface area contributed by atoms with Gasteiger partial charge in [-0.25, -0.2) is 0 Å². The lowest BCUT2D eigenvalue weighted by Gasteiger charge is -2.24. The lowest BCUT2D eigenvalue weighted by Crippen LogP contribution is -2.35. The van der Waals surface area contributed by atoms with E-state index < -0.39 is 0 Å². The third-order valence-corrected chi connectivity index (χ3v) is 6.66. The molecule has 0 radical (unpaired) electrons. The second-order valence-corrected chi connectivity index (χ2v) is 9.63. The number of ether oxygens (including phenoxy) is 2. The van der Waals surface area contributed by atoms with Crippen molar-refractivity contribution in [1.82, 2.24) is 0 Å². The van der Waals surface area contributed by atoms with Gasteiger partial charge in [-0.1, -0.05) is 109 Å². The summed E-state index contributed by atoms with van der Waals surface area (Å²) in [5.74, 6) is 0.379. The molecule has 0 bridgehead atoms. The average Bonchev–Trinajstić information content (AvgIpc) is 3.06. The Morgan fingerprint density at radius 3 is 1.10 bits per heavy atom. The molecule has 5 aromatic rings. The maximum atomic E-state index is 13.4. The highest BCUT2D eigenvalue weighted by Crippen LogP contribution is 2.27. The molecule has 42 heavy (non-hydrogen) atoms. The van der Waals surface area contributed by atoms with E-state index in [0.29, 0.717) is 24.6 Å². The zero-order chi connectivity index (χ0) is 29.0. The van der Waals surface area contributed by atoms with Gasteiger partial charge in [0.15, 0.2) is 24.7 Å². The predicted molar refractivity (Wildman–Crippen MR) is 166 cm³/mol. The van der Waals surface area contributed by atoms with Crippen molar-refractivity contribution >= 4 is 23.2 Å². The molecule has 2 amide bonds. The van der Waals surface area contributed by atoms with Gasteiger partial charge < -0.3 is 19.3 Å². The monoisotopic (exact) mass is 556 g/mol. The molecular formula is C36H32N2O4. The summed E-state index contributed by atoms with van der Waals surface area (Å²) in [5, 5.41) is 0. The highest BCUT2D eigenvalue weighted by Gasteiger charge is 2.20. The molecule has 0 N–H and O–H groups in total. The Morgan fingerprint density at radius 1 is 0.429 bits per heavy atom. The fourth-order valence-corrected chi connectivity index (χ4v) is 4.52. The Hall–Kier alpha value is -5.36.